The molecule has 0 atom stereocenters. The number of amides is 3. The Morgan fingerprint density at radius 1 is 1.52 bits per heavy atom. The Morgan fingerprint density at radius 2 is 2.29 bits per heavy atom. The maximum Gasteiger partial charge on any atom is 0.324 e. The van der Waals surface area contributed by atoms with E-state index >= 15 is 0 Å². The molecule has 3 amide bonds. The van der Waals surface area contributed by atoms with Crippen LogP contribution in [0, 0.1) is 0 Å². The summed E-state index contributed by atoms with van der Waals surface area (Å²) < 4.78 is 6.27. The number of methoxy groups -OCH3 is 1. The van der Waals surface area contributed by atoms with Crippen LogP contribution in [0.15, 0.2) is 22.7 Å². The number of carbonyl (C=O) groups excluding carboxylic acids is 2. The van der Waals surface area contributed by atoms with E-state index in [0.717, 1.165) is 15.8 Å². The molecule has 114 valence electrons. The van der Waals surface area contributed by atoms with Gasteiger partial charge in [0.1, 0.15) is 5.75 Å². The van der Waals surface area contributed by atoms with Crippen LogP contribution in [0.25, 0.3) is 0 Å². The molecule has 0 radical (unpaired) electrons. The summed E-state index contributed by atoms with van der Waals surface area (Å²) in [6, 6.07) is 5.43. The molecule has 6 nitrogen and oxygen atoms in total. The van der Waals surface area contributed by atoms with Crippen molar-refractivity contribution in [2.75, 3.05) is 33.8 Å². The molecule has 1 aliphatic rings. The summed E-state index contributed by atoms with van der Waals surface area (Å²) in [4.78, 5) is 26.6. The Kier molecular flexibility index (Phi) is 5.19. The molecule has 1 N–H and O–H groups in total. The van der Waals surface area contributed by atoms with E-state index in [-0.39, 0.29) is 18.5 Å². The number of urea groups is 1. The highest BCUT2D eigenvalue weighted by Crippen LogP contribution is 2.24. The van der Waals surface area contributed by atoms with Crippen LogP contribution in [0.1, 0.15) is 5.56 Å². The average Bonchev–Trinajstić information content (AvgIpc) is 2.85. The maximum absolute atomic E-state index is 12.1. The van der Waals surface area contributed by atoms with Gasteiger partial charge in [-0.1, -0.05) is 15.9 Å². The smallest absolute Gasteiger partial charge is 0.324 e. The van der Waals surface area contributed by atoms with Crippen molar-refractivity contribution in [2.24, 2.45) is 0 Å². The maximum atomic E-state index is 12.1. The number of hydrogen-bond acceptors (Lipinski definition) is 4. The normalized spacial score (nSPS) is 14.5. The number of ether oxygens (including phenoxy) is 1. The van der Waals surface area contributed by atoms with Crippen molar-refractivity contribution >= 4 is 27.9 Å². The first-order chi connectivity index (χ1) is 10.0. The van der Waals surface area contributed by atoms with E-state index in [4.69, 9.17) is 4.74 Å². The predicted molar refractivity (Wildman–Crippen MR) is 82.1 cm³/mol. The molecule has 7 heteroatoms. The van der Waals surface area contributed by atoms with Crippen LogP contribution in [0.2, 0.25) is 0 Å². The molecule has 1 aliphatic heterocycles. The number of benzene rings is 1. The van der Waals surface area contributed by atoms with E-state index in [0.29, 0.717) is 19.6 Å². The van der Waals surface area contributed by atoms with Gasteiger partial charge in [-0.3, -0.25) is 14.6 Å². The largest absolute Gasteiger partial charge is 0.496 e. The second-order valence-electron chi connectivity index (χ2n) is 4.91. The van der Waals surface area contributed by atoms with Gasteiger partial charge in [-0.15, -0.1) is 0 Å². The number of imide groups is 1. The number of likely N-dealkylation sites (N-methyl/N-ethyl adjacent to an activating group) is 1. The minimum Gasteiger partial charge on any atom is -0.496 e. The van der Waals surface area contributed by atoms with Gasteiger partial charge in [-0.2, -0.15) is 0 Å². The fourth-order valence-electron chi connectivity index (χ4n) is 2.24. The standard InChI is InChI=1S/C14H18BrN3O3/c1-17(9-13(19)18-6-5-16-14(18)20)8-10-7-11(15)3-4-12(10)21-2/h3-4,7H,5-6,8-9H2,1-2H3,(H,16,20). The second kappa shape index (κ2) is 6.91. The van der Waals surface area contributed by atoms with E-state index in [9.17, 15) is 9.59 Å². The first-order valence-corrected chi connectivity index (χ1v) is 7.39. The lowest BCUT2D eigenvalue weighted by molar-refractivity contribution is -0.128. The summed E-state index contributed by atoms with van der Waals surface area (Å²) in [6.07, 6.45) is 0. The Balaban J connectivity index is 1.98. The van der Waals surface area contributed by atoms with Gasteiger partial charge in [0.2, 0.25) is 5.91 Å². The molecule has 1 saturated heterocycles. The van der Waals surface area contributed by atoms with Crippen molar-refractivity contribution in [3.63, 3.8) is 0 Å². The fourth-order valence-corrected chi connectivity index (χ4v) is 2.65. The van der Waals surface area contributed by atoms with Crippen LogP contribution in [0.4, 0.5) is 4.79 Å². The van der Waals surface area contributed by atoms with Crippen molar-refractivity contribution in [1.29, 1.82) is 0 Å². The van der Waals surface area contributed by atoms with Crippen molar-refractivity contribution < 1.29 is 14.3 Å². The quantitative estimate of drug-likeness (QED) is 0.868. The number of nitrogens with zero attached hydrogens (tertiary/aromatic N) is 2. The molecule has 0 saturated carbocycles. The minimum absolute atomic E-state index is 0.184. The molecule has 0 spiro atoms. The molecule has 0 unspecified atom stereocenters. The van der Waals surface area contributed by atoms with Crippen LogP contribution >= 0.6 is 15.9 Å². The summed E-state index contributed by atoms with van der Waals surface area (Å²) in [5.74, 6) is 0.581. The molecular formula is C14H18BrN3O3. The second-order valence-corrected chi connectivity index (χ2v) is 5.82. The van der Waals surface area contributed by atoms with E-state index < -0.39 is 0 Å². The molecule has 1 fully saturated rings. The van der Waals surface area contributed by atoms with Crippen molar-refractivity contribution in [1.82, 2.24) is 15.1 Å². The summed E-state index contributed by atoms with van der Waals surface area (Å²) >= 11 is 3.43. The van der Waals surface area contributed by atoms with Gasteiger partial charge < -0.3 is 10.1 Å². The van der Waals surface area contributed by atoms with Crippen LogP contribution < -0.4 is 10.1 Å². The zero-order valence-corrected chi connectivity index (χ0v) is 13.6. The van der Waals surface area contributed by atoms with Gasteiger partial charge in [-0.25, -0.2) is 4.79 Å². The summed E-state index contributed by atoms with van der Waals surface area (Å²) in [5.41, 5.74) is 0.980. The van der Waals surface area contributed by atoms with Crippen LogP contribution in [0.3, 0.4) is 0 Å². The van der Waals surface area contributed by atoms with Crippen molar-refractivity contribution in [3.05, 3.63) is 28.2 Å². The lowest BCUT2D eigenvalue weighted by Crippen LogP contribution is -2.40. The molecular weight excluding hydrogens is 338 g/mol. The Hall–Kier alpha value is -1.60. The number of halogens is 1. The monoisotopic (exact) mass is 355 g/mol. The SMILES string of the molecule is COc1ccc(Br)cc1CN(C)CC(=O)N1CCNC1=O. The summed E-state index contributed by atoms with van der Waals surface area (Å²) in [5, 5.41) is 2.62. The molecule has 1 aromatic rings. The first-order valence-electron chi connectivity index (χ1n) is 6.60. The van der Waals surface area contributed by atoms with Gasteiger partial charge in [0, 0.05) is 29.7 Å². The highest BCUT2D eigenvalue weighted by Gasteiger charge is 2.26. The third-order valence-electron chi connectivity index (χ3n) is 3.25. The predicted octanol–water partition coefficient (Wildman–Crippen LogP) is 1.44. The van der Waals surface area contributed by atoms with Gasteiger partial charge in [0.25, 0.3) is 0 Å². The fraction of sp³-hybridized carbons (Fsp3) is 0.429. The van der Waals surface area contributed by atoms with Gasteiger partial charge >= 0.3 is 6.03 Å². The molecule has 0 aromatic heterocycles. The highest BCUT2D eigenvalue weighted by molar-refractivity contribution is 9.10. The minimum atomic E-state index is -0.312. The topological polar surface area (TPSA) is 61.9 Å². The third-order valence-corrected chi connectivity index (χ3v) is 3.74. The number of nitrogens with one attached hydrogen (secondary N) is 1. The van der Waals surface area contributed by atoms with Crippen molar-refractivity contribution in [3.8, 4) is 5.75 Å². The molecule has 2 rings (SSSR count). The van der Waals surface area contributed by atoms with Crippen molar-refractivity contribution in [2.45, 2.75) is 6.54 Å². The summed E-state index contributed by atoms with van der Waals surface area (Å²) in [7, 11) is 3.46. The van der Waals surface area contributed by atoms with E-state index in [1.165, 1.54) is 4.90 Å². The van der Waals surface area contributed by atoms with E-state index in [2.05, 4.69) is 21.2 Å². The zero-order chi connectivity index (χ0) is 15.4. The van der Waals surface area contributed by atoms with E-state index in [1.54, 1.807) is 7.11 Å². The Morgan fingerprint density at radius 3 is 2.90 bits per heavy atom. The Bertz CT molecular complexity index is 550. The zero-order valence-electron chi connectivity index (χ0n) is 12.1. The van der Waals surface area contributed by atoms with Gasteiger partial charge in [0.05, 0.1) is 13.7 Å². The van der Waals surface area contributed by atoms with Gasteiger partial charge in [0.15, 0.2) is 0 Å². The average molecular weight is 356 g/mol. The molecule has 0 bridgehead atoms. The third kappa shape index (κ3) is 3.95. The molecule has 21 heavy (non-hydrogen) atoms. The van der Waals surface area contributed by atoms with Gasteiger partial charge in [-0.05, 0) is 25.2 Å². The van der Waals surface area contributed by atoms with E-state index in [1.807, 2.05) is 30.1 Å². The Labute approximate surface area is 132 Å². The molecule has 0 aliphatic carbocycles. The first kappa shape index (κ1) is 15.8. The number of carbonyl (C=O) groups is 2. The number of hydrogen-bond donors (Lipinski definition) is 1. The lowest BCUT2D eigenvalue weighted by Gasteiger charge is -2.20. The van der Waals surface area contributed by atoms with Crippen LogP contribution in [0.5, 0.6) is 5.75 Å². The summed E-state index contributed by atoms with van der Waals surface area (Å²) in [6.45, 7) is 1.70. The highest BCUT2D eigenvalue weighted by atomic mass is 79.9. The number of rotatable bonds is 5. The lowest BCUT2D eigenvalue weighted by atomic mass is 10.2. The molecule has 1 heterocycles. The van der Waals surface area contributed by atoms with Crippen LogP contribution in [-0.4, -0.2) is 55.5 Å². The molecule has 1 aromatic carbocycles. The van der Waals surface area contributed by atoms with Crippen LogP contribution in [-0.2, 0) is 11.3 Å².